The molecule has 1 aromatic carbocycles. The Labute approximate surface area is 121 Å². The van der Waals surface area contributed by atoms with Gasteiger partial charge in [-0.3, -0.25) is 4.79 Å². The maximum absolute atomic E-state index is 11.0. The molecule has 1 aliphatic heterocycles. The number of hydrogen-bond donors (Lipinski definition) is 2. The van der Waals surface area contributed by atoms with E-state index in [1.807, 2.05) is 19.1 Å². The maximum atomic E-state index is 11.0. The number of carboxylic acid groups (broad SMARTS) is 1. The summed E-state index contributed by atoms with van der Waals surface area (Å²) in [5.41, 5.74) is 2.26. The standard InChI is InChI=1S/C14H19BrN2O2/c1-9-5-11(3-4-13(9)15)17-10(2)7-16-8-12(17)6-14(18)19/h3-5,10,12,16H,6-8H2,1-2H3,(H,18,19). The molecule has 0 aliphatic carbocycles. The van der Waals surface area contributed by atoms with Gasteiger partial charge in [0.15, 0.2) is 0 Å². The van der Waals surface area contributed by atoms with E-state index in [4.69, 9.17) is 5.11 Å². The molecule has 0 bridgehead atoms. The van der Waals surface area contributed by atoms with E-state index >= 15 is 0 Å². The van der Waals surface area contributed by atoms with Gasteiger partial charge in [0.1, 0.15) is 0 Å². The Bertz CT molecular complexity index is 479. The van der Waals surface area contributed by atoms with Crippen molar-refractivity contribution in [1.82, 2.24) is 5.32 Å². The monoisotopic (exact) mass is 326 g/mol. The Hall–Kier alpha value is -1.07. The van der Waals surface area contributed by atoms with Crippen LogP contribution in [-0.4, -0.2) is 36.2 Å². The molecule has 5 heteroatoms. The molecule has 104 valence electrons. The minimum absolute atomic E-state index is 0.00169. The first-order valence-electron chi connectivity index (χ1n) is 6.46. The molecule has 1 aliphatic rings. The molecule has 1 saturated heterocycles. The first-order chi connectivity index (χ1) is 8.99. The summed E-state index contributed by atoms with van der Waals surface area (Å²) in [6.07, 6.45) is 0.159. The van der Waals surface area contributed by atoms with Crippen LogP contribution in [0.3, 0.4) is 0 Å². The molecule has 19 heavy (non-hydrogen) atoms. The van der Waals surface area contributed by atoms with Crippen LogP contribution >= 0.6 is 15.9 Å². The number of halogens is 1. The predicted octanol–water partition coefficient (Wildman–Crippen LogP) is 2.40. The van der Waals surface area contributed by atoms with Crippen molar-refractivity contribution in [3.8, 4) is 0 Å². The van der Waals surface area contributed by atoms with Gasteiger partial charge in [-0.25, -0.2) is 0 Å². The highest BCUT2D eigenvalue weighted by Crippen LogP contribution is 2.27. The fourth-order valence-corrected chi connectivity index (χ4v) is 2.89. The van der Waals surface area contributed by atoms with E-state index in [1.54, 1.807) is 0 Å². The van der Waals surface area contributed by atoms with E-state index in [-0.39, 0.29) is 12.5 Å². The van der Waals surface area contributed by atoms with Crippen LogP contribution in [0.2, 0.25) is 0 Å². The second-order valence-corrected chi connectivity index (χ2v) is 5.95. The highest BCUT2D eigenvalue weighted by molar-refractivity contribution is 9.10. The van der Waals surface area contributed by atoms with Crippen molar-refractivity contribution in [1.29, 1.82) is 0 Å². The number of rotatable bonds is 3. The fourth-order valence-electron chi connectivity index (χ4n) is 2.64. The summed E-state index contributed by atoms with van der Waals surface area (Å²) in [5, 5.41) is 12.4. The van der Waals surface area contributed by atoms with Crippen molar-refractivity contribution in [2.75, 3.05) is 18.0 Å². The molecule has 1 heterocycles. The third kappa shape index (κ3) is 3.28. The molecule has 1 fully saturated rings. The van der Waals surface area contributed by atoms with E-state index in [2.05, 4.69) is 39.1 Å². The van der Waals surface area contributed by atoms with E-state index in [9.17, 15) is 4.79 Å². The zero-order chi connectivity index (χ0) is 14.0. The topological polar surface area (TPSA) is 52.6 Å². The number of carbonyl (C=O) groups is 1. The van der Waals surface area contributed by atoms with E-state index in [0.717, 1.165) is 22.3 Å². The lowest BCUT2D eigenvalue weighted by atomic mass is 10.0. The molecule has 2 unspecified atom stereocenters. The van der Waals surface area contributed by atoms with Crippen LogP contribution in [0.25, 0.3) is 0 Å². The van der Waals surface area contributed by atoms with Crippen LogP contribution in [0, 0.1) is 6.92 Å². The molecular formula is C14H19BrN2O2. The quantitative estimate of drug-likeness (QED) is 0.895. The van der Waals surface area contributed by atoms with Gasteiger partial charge < -0.3 is 15.3 Å². The molecule has 2 N–H and O–H groups in total. The molecule has 0 radical (unpaired) electrons. The number of piperazine rings is 1. The van der Waals surface area contributed by atoms with Gasteiger partial charge in [-0.15, -0.1) is 0 Å². The van der Waals surface area contributed by atoms with Crippen molar-refractivity contribution >= 4 is 27.6 Å². The van der Waals surface area contributed by atoms with Crippen LogP contribution in [0.15, 0.2) is 22.7 Å². The number of hydrogen-bond acceptors (Lipinski definition) is 3. The largest absolute Gasteiger partial charge is 0.481 e. The summed E-state index contributed by atoms with van der Waals surface area (Å²) in [4.78, 5) is 13.2. The van der Waals surface area contributed by atoms with E-state index < -0.39 is 5.97 Å². The second kappa shape index (κ2) is 5.92. The van der Waals surface area contributed by atoms with Gasteiger partial charge in [-0.2, -0.15) is 0 Å². The molecule has 0 spiro atoms. The average molecular weight is 327 g/mol. The number of carboxylic acids is 1. The minimum Gasteiger partial charge on any atom is -0.481 e. The van der Waals surface area contributed by atoms with Crippen molar-refractivity contribution in [2.24, 2.45) is 0 Å². The second-order valence-electron chi connectivity index (χ2n) is 5.10. The van der Waals surface area contributed by atoms with Gasteiger partial charge in [0, 0.05) is 29.3 Å². The molecule has 0 amide bonds. The van der Waals surface area contributed by atoms with Crippen LogP contribution in [-0.2, 0) is 4.79 Å². The number of benzene rings is 1. The normalized spacial score (nSPS) is 23.4. The van der Waals surface area contributed by atoms with Crippen molar-refractivity contribution in [2.45, 2.75) is 32.4 Å². The Morgan fingerprint density at radius 3 is 2.89 bits per heavy atom. The molecule has 0 saturated carbocycles. The predicted molar refractivity (Wildman–Crippen MR) is 79.7 cm³/mol. The zero-order valence-electron chi connectivity index (χ0n) is 11.2. The third-order valence-corrected chi connectivity index (χ3v) is 4.43. The summed E-state index contributed by atoms with van der Waals surface area (Å²) in [5.74, 6) is -0.750. The Morgan fingerprint density at radius 2 is 2.26 bits per heavy atom. The highest BCUT2D eigenvalue weighted by atomic mass is 79.9. The van der Waals surface area contributed by atoms with Crippen LogP contribution in [0.5, 0.6) is 0 Å². The smallest absolute Gasteiger partial charge is 0.305 e. The zero-order valence-corrected chi connectivity index (χ0v) is 12.8. The fraction of sp³-hybridized carbons (Fsp3) is 0.500. The maximum Gasteiger partial charge on any atom is 0.305 e. The summed E-state index contributed by atoms with van der Waals surface area (Å²) in [6, 6.07) is 6.48. The Morgan fingerprint density at radius 1 is 1.53 bits per heavy atom. The Balaban J connectivity index is 2.30. The first-order valence-corrected chi connectivity index (χ1v) is 7.25. The van der Waals surface area contributed by atoms with Gasteiger partial charge in [-0.05, 0) is 37.6 Å². The van der Waals surface area contributed by atoms with Gasteiger partial charge in [0.2, 0.25) is 0 Å². The number of nitrogens with one attached hydrogen (secondary N) is 1. The number of nitrogens with zero attached hydrogens (tertiary/aromatic N) is 1. The van der Waals surface area contributed by atoms with Crippen LogP contribution < -0.4 is 10.2 Å². The van der Waals surface area contributed by atoms with Crippen LogP contribution in [0.4, 0.5) is 5.69 Å². The summed E-state index contributed by atoms with van der Waals surface area (Å²) >= 11 is 3.50. The number of anilines is 1. The molecular weight excluding hydrogens is 308 g/mol. The van der Waals surface area contributed by atoms with Crippen LogP contribution in [0.1, 0.15) is 18.9 Å². The Kier molecular flexibility index (Phi) is 4.47. The average Bonchev–Trinajstić information content (AvgIpc) is 2.32. The molecule has 0 aromatic heterocycles. The lowest BCUT2D eigenvalue weighted by molar-refractivity contribution is -0.137. The van der Waals surface area contributed by atoms with Gasteiger partial charge in [0.25, 0.3) is 0 Å². The molecule has 2 rings (SSSR count). The number of aliphatic carboxylic acids is 1. The molecule has 4 nitrogen and oxygen atoms in total. The third-order valence-electron chi connectivity index (χ3n) is 3.54. The molecule has 1 aromatic rings. The van der Waals surface area contributed by atoms with E-state index in [0.29, 0.717) is 12.6 Å². The SMILES string of the molecule is Cc1cc(N2C(C)CNCC2CC(=O)O)ccc1Br. The van der Waals surface area contributed by atoms with Gasteiger partial charge in [0.05, 0.1) is 12.5 Å². The number of aryl methyl sites for hydroxylation is 1. The first kappa shape index (κ1) is 14.3. The molecule has 2 atom stereocenters. The van der Waals surface area contributed by atoms with Crippen molar-refractivity contribution < 1.29 is 9.90 Å². The van der Waals surface area contributed by atoms with E-state index in [1.165, 1.54) is 0 Å². The highest BCUT2D eigenvalue weighted by Gasteiger charge is 2.29. The summed E-state index contributed by atoms with van der Waals surface area (Å²) in [6.45, 7) is 5.77. The lowest BCUT2D eigenvalue weighted by Gasteiger charge is -2.42. The minimum atomic E-state index is -0.750. The summed E-state index contributed by atoms with van der Waals surface area (Å²) in [7, 11) is 0. The lowest BCUT2D eigenvalue weighted by Crippen LogP contribution is -2.57. The van der Waals surface area contributed by atoms with Crippen molar-refractivity contribution in [3.05, 3.63) is 28.2 Å². The van der Waals surface area contributed by atoms with Gasteiger partial charge in [-0.1, -0.05) is 15.9 Å². The van der Waals surface area contributed by atoms with Crippen molar-refractivity contribution in [3.63, 3.8) is 0 Å². The van der Waals surface area contributed by atoms with Gasteiger partial charge >= 0.3 is 5.97 Å². The summed E-state index contributed by atoms with van der Waals surface area (Å²) < 4.78 is 1.08.